The summed E-state index contributed by atoms with van der Waals surface area (Å²) in [6.45, 7) is 3.91. The maximum absolute atomic E-state index is 13.3. The fraction of sp³-hybridized carbons (Fsp3) is 0.167. The van der Waals surface area contributed by atoms with Gasteiger partial charge in [0.05, 0.1) is 27.4 Å². The van der Waals surface area contributed by atoms with Gasteiger partial charge in [0.15, 0.2) is 0 Å². The van der Waals surface area contributed by atoms with Crippen LogP contribution in [0, 0.1) is 0 Å². The predicted octanol–water partition coefficient (Wildman–Crippen LogP) is 7.05. The Morgan fingerprint density at radius 2 is 1.47 bits per heavy atom. The number of ether oxygens (including phenoxy) is 1. The van der Waals surface area contributed by atoms with Crippen molar-refractivity contribution < 1.29 is 14.3 Å². The van der Waals surface area contributed by atoms with Crippen LogP contribution in [-0.2, 0) is 19.9 Å². The first-order valence-electron chi connectivity index (χ1n) is 15.3. The number of carbonyl (C=O) groups excluding carboxylic acids is 2. The van der Waals surface area contributed by atoms with Crippen LogP contribution in [0.2, 0.25) is 0 Å². The summed E-state index contributed by atoms with van der Waals surface area (Å²) in [7, 11) is 1.91. The number of imidazole rings is 1. The highest BCUT2D eigenvalue weighted by atomic mass is 32.1. The summed E-state index contributed by atoms with van der Waals surface area (Å²) < 4.78 is 8.65. The Morgan fingerprint density at radius 1 is 0.787 bits per heavy atom. The molecule has 47 heavy (non-hydrogen) atoms. The molecule has 232 valence electrons. The molecular formula is C36H29N7O3S. The molecule has 8 rings (SSSR count). The summed E-state index contributed by atoms with van der Waals surface area (Å²) in [5, 5.41) is 9.47. The minimum Gasteiger partial charge on any atom is -0.491 e. The van der Waals surface area contributed by atoms with E-state index in [0.717, 1.165) is 43.5 Å². The SMILES string of the molecule is CC(C)Oc1ccc2c(c1)C(=O)/C(=N\Nc1nc3cc(-c4ccc5c(c4)C(=O)/C(=N\Nc4nc6ccccc6n4C)C5)ccc3s1)C2. The average molecular weight is 640 g/mol. The topological polar surface area (TPSA) is 123 Å². The predicted molar refractivity (Wildman–Crippen MR) is 186 cm³/mol. The third-order valence-electron chi connectivity index (χ3n) is 8.38. The van der Waals surface area contributed by atoms with Crippen LogP contribution in [0.5, 0.6) is 5.75 Å². The lowest BCUT2D eigenvalue weighted by molar-refractivity contribution is 0.106. The van der Waals surface area contributed by atoms with E-state index in [-0.39, 0.29) is 17.7 Å². The summed E-state index contributed by atoms with van der Waals surface area (Å²) in [5.74, 6) is 1.05. The quantitative estimate of drug-likeness (QED) is 0.180. The number of aromatic nitrogens is 3. The Hall–Kier alpha value is -5.68. The number of aryl methyl sites for hydroxylation is 1. The average Bonchev–Trinajstić information content (AvgIpc) is 3.80. The summed E-state index contributed by atoms with van der Waals surface area (Å²) in [6.07, 6.45) is 0.936. The molecule has 2 aromatic heterocycles. The van der Waals surface area contributed by atoms with Gasteiger partial charge in [-0.05, 0) is 78.6 Å². The van der Waals surface area contributed by atoms with Gasteiger partial charge in [-0.3, -0.25) is 15.0 Å². The molecule has 0 aliphatic heterocycles. The molecule has 0 bridgehead atoms. The maximum atomic E-state index is 13.3. The summed E-state index contributed by atoms with van der Waals surface area (Å²) in [6, 6.07) is 25.4. The number of rotatable bonds is 7. The van der Waals surface area contributed by atoms with Gasteiger partial charge in [0.2, 0.25) is 22.6 Å². The number of hydrogen-bond donors (Lipinski definition) is 2. The smallest absolute Gasteiger partial charge is 0.224 e. The van der Waals surface area contributed by atoms with Crippen molar-refractivity contribution in [3.8, 4) is 16.9 Å². The molecule has 0 saturated carbocycles. The van der Waals surface area contributed by atoms with Gasteiger partial charge in [-0.1, -0.05) is 47.7 Å². The van der Waals surface area contributed by atoms with Crippen LogP contribution in [0.25, 0.3) is 32.4 Å². The van der Waals surface area contributed by atoms with E-state index in [9.17, 15) is 9.59 Å². The van der Waals surface area contributed by atoms with Crippen LogP contribution in [0.4, 0.5) is 11.1 Å². The van der Waals surface area contributed by atoms with Gasteiger partial charge in [-0.25, -0.2) is 15.4 Å². The van der Waals surface area contributed by atoms with Crippen molar-refractivity contribution in [2.24, 2.45) is 17.3 Å². The second-order valence-electron chi connectivity index (χ2n) is 11.9. The number of nitrogens with zero attached hydrogens (tertiary/aromatic N) is 5. The maximum Gasteiger partial charge on any atom is 0.224 e. The molecule has 11 heteroatoms. The van der Waals surface area contributed by atoms with Crippen molar-refractivity contribution in [1.29, 1.82) is 0 Å². The number of benzene rings is 4. The number of ketones is 2. The van der Waals surface area contributed by atoms with Crippen LogP contribution in [-0.4, -0.2) is 43.6 Å². The van der Waals surface area contributed by atoms with Gasteiger partial charge in [0.1, 0.15) is 17.2 Å². The molecule has 0 fully saturated rings. The van der Waals surface area contributed by atoms with Crippen molar-refractivity contribution in [2.45, 2.75) is 32.8 Å². The van der Waals surface area contributed by atoms with E-state index >= 15 is 0 Å². The molecule has 4 aromatic carbocycles. The second kappa shape index (κ2) is 11.3. The molecule has 2 heterocycles. The van der Waals surface area contributed by atoms with Gasteiger partial charge in [-0.15, -0.1) is 0 Å². The number of para-hydroxylation sites is 2. The van der Waals surface area contributed by atoms with Crippen LogP contribution in [0.3, 0.4) is 0 Å². The van der Waals surface area contributed by atoms with Crippen LogP contribution in [0.1, 0.15) is 45.7 Å². The van der Waals surface area contributed by atoms with E-state index in [4.69, 9.17) is 9.72 Å². The van der Waals surface area contributed by atoms with Crippen molar-refractivity contribution >= 4 is 66.7 Å². The Balaban J connectivity index is 0.982. The number of thiazole rings is 1. The van der Waals surface area contributed by atoms with Crippen molar-refractivity contribution in [1.82, 2.24) is 14.5 Å². The third-order valence-corrected chi connectivity index (χ3v) is 9.32. The summed E-state index contributed by atoms with van der Waals surface area (Å²) in [5.41, 5.74) is 14.5. The molecule has 0 radical (unpaired) electrons. The zero-order valence-corrected chi connectivity index (χ0v) is 26.7. The minimum absolute atomic E-state index is 0.0267. The normalized spacial score (nSPS) is 15.7. The highest BCUT2D eigenvalue weighted by Gasteiger charge is 2.28. The fourth-order valence-electron chi connectivity index (χ4n) is 6.03. The van der Waals surface area contributed by atoms with Crippen molar-refractivity contribution in [2.75, 3.05) is 10.9 Å². The van der Waals surface area contributed by atoms with Gasteiger partial charge in [-0.2, -0.15) is 10.2 Å². The standard InChI is InChI=1S/C36H29N7O3S/c1-19(2)46-24-12-10-23-17-30(34(45)26(23)18-24)40-42-36-38-28-15-21(11-13-32(28)47-36)20-8-9-22-16-29(33(44)25(22)14-20)39-41-35-37-27-6-4-5-7-31(27)43(35)3/h4-15,18-19H,16-17H2,1-3H3,(H,37,41)(H,38,42)/b39-29-,40-30-. The molecule has 0 amide bonds. The van der Waals surface area contributed by atoms with Gasteiger partial charge < -0.3 is 9.30 Å². The summed E-state index contributed by atoms with van der Waals surface area (Å²) in [4.78, 5) is 35.7. The minimum atomic E-state index is -0.106. The number of hydrazone groups is 2. The van der Waals surface area contributed by atoms with E-state index < -0.39 is 0 Å². The first kappa shape index (κ1) is 28.8. The molecule has 0 saturated heterocycles. The van der Waals surface area contributed by atoms with Crippen molar-refractivity contribution in [3.63, 3.8) is 0 Å². The van der Waals surface area contributed by atoms with E-state index in [1.807, 2.05) is 98.3 Å². The van der Waals surface area contributed by atoms with Crippen LogP contribution >= 0.6 is 11.3 Å². The van der Waals surface area contributed by atoms with E-state index in [0.29, 0.717) is 52.2 Å². The van der Waals surface area contributed by atoms with Gasteiger partial charge >= 0.3 is 0 Å². The fourth-order valence-corrected chi connectivity index (χ4v) is 6.82. The summed E-state index contributed by atoms with van der Waals surface area (Å²) >= 11 is 1.46. The van der Waals surface area contributed by atoms with Crippen LogP contribution in [0.15, 0.2) is 89.1 Å². The highest BCUT2D eigenvalue weighted by Crippen LogP contribution is 2.33. The van der Waals surface area contributed by atoms with E-state index in [1.54, 1.807) is 6.07 Å². The molecular weight excluding hydrogens is 611 g/mol. The van der Waals surface area contributed by atoms with Crippen LogP contribution < -0.4 is 15.6 Å². The third kappa shape index (κ3) is 5.24. The highest BCUT2D eigenvalue weighted by molar-refractivity contribution is 7.22. The monoisotopic (exact) mass is 639 g/mol. The molecule has 0 atom stereocenters. The Morgan fingerprint density at radius 3 is 2.23 bits per heavy atom. The van der Waals surface area contributed by atoms with Gasteiger partial charge in [0, 0.05) is 31.0 Å². The lowest BCUT2D eigenvalue weighted by Gasteiger charge is -2.10. The Bertz CT molecular complexity index is 2330. The lowest BCUT2D eigenvalue weighted by atomic mass is 10.0. The Kier molecular flexibility index (Phi) is 6.91. The number of nitrogens with one attached hydrogen (secondary N) is 2. The molecule has 6 aromatic rings. The van der Waals surface area contributed by atoms with Gasteiger partial charge in [0.25, 0.3) is 0 Å². The first-order chi connectivity index (χ1) is 22.8. The van der Waals surface area contributed by atoms with E-state index in [2.05, 4.69) is 26.0 Å². The number of hydrogen-bond acceptors (Lipinski definition) is 10. The number of carbonyl (C=O) groups is 2. The first-order valence-corrected chi connectivity index (χ1v) is 16.1. The van der Waals surface area contributed by atoms with Crippen molar-refractivity contribution in [3.05, 3.63) is 101 Å². The molecule has 0 spiro atoms. The largest absolute Gasteiger partial charge is 0.491 e. The lowest BCUT2D eigenvalue weighted by Crippen LogP contribution is -2.11. The molecule has 2 N–H and O–H groups in total. The molecule has 2 aliphatic carbocycles. The zero-order valence-electron chi connectivity index (χ0n) is 25.9. The Labute approximate surface area is 273 Å². The zero-order chi connectivity index (χ0) is 32.2. The molecule has 0 unspecified atom stereocenters. The number of anilines is 2. The number of Topliss-reactive ketones (excluding diaryl/α,β-unsaturated/α-hetero) is 2. The molecule has 2 aliphatic rings. The molecule has 10 nitrogen and oxygen atoms in total. The number of fused-ring (bicyclic) bond motifs is 4. The second-order valence-corrected chi connectivity index (χ2v) is 12.9. The van der Waals surface area contributed by atoms with E-state index in [1.165, 1.54) is 11.3 Å².